The molecule has 0 atom stereocenters. The number of morpholine rings is 1. The van der Waals surface area contributed by atoms with Gasteiger partial charge in [0.2, 0.25) is 5.91 Å². The van der Waals surface area contributed by atoms with E-state index < -0.39 is 0 Å². The Morgan fingerprint density at radius 1 is 1.28 bits per heavy atom. The minimum Gasteiger partial charge on any atom is -0.378 e. The summed E-state index contributed by atoms with van der Waals surface area (Å²) >= 11 is 0. The van der Waals surface area contributed by atoms with E-state index in [9.17, 15) is 4.79 Å². The highest BCUT2D eigenvalue weighted by atomic mass is 16.5. The van der Waals surface area contributed by atoms with Crippen LogP contribution in [0.5, 0.6) is 0 Å². The molecule has 1 aromatic heterocycles. The van der Waals surface area contributed by atoms with Crippen LogP contribution in [0.15, 0.2) is 48.7 Å². The van der Waals surface area contributed by atoms with E-state index in [1.165, 1.54) is 5.56 Å². The van der Waals surface area contributed by atoms with Crippen LogP contribution in [0.2, 0.25) is 0 Å². The minimum absolute atomic E-state index is 0.105. The Bertz CT molecular complexity index is 752. The number of carbonyl (C=O) groups excluding carboxylic acids is 1. The van der Waals surface area contributed by atoms with Gasteiger partial charge in [-0.15, -0.1) is 0 Å². The summed E-state index contributed by atoms with van der Waals surface area (Å²) in [7, 11) is 0. The first-order valence-corrected chi connectivity index (χ1v) is 8.51. The molecule has 0 aliphatic carbocycles. The average Bonchev–Trinajstić information content (AvgIpc) is 2.66. The largest absolute Gasteiger partial charge is 0.378 e. The van der Waals surface area contributed by atoms with Crippen LogP contribution in [0.3, 0.4) is 0 Å². The van der Waals surface area contributed by atoms with Gasteiger partial charge < -0.3 is 15.0 Å². The smallest absolute Gasteiger partial charge is 0.244 e. The van der Waals surface area contributed by atoms with Crippen molar-refractivity contribution in [2.75, 3.05) is 31.2 Å². The lowest BCUT2D eigenvalue weighted by Gasteiger charge is -2.28. The Hall–Kier alpha value is -2.66. The summed E-state index contributed by atoms with van der Waals surface area (Å²) < 4.78 is 5.37. The summed E-state index contributed by atoms with van der Waals surface area (Å²) in [4.78, 5) is 18.6. The van der Waals surface area contributed by atoms with Gasteiger partial charge in [0.1, 0.15) is 5.82 Å². The Balaban J connectivity index is 1.55. The van der Waals surface area contributed by atoms with E-state index in [2.05, 4.69) is 15.2 Å². The van der Waals surface area contributed by atoms with E-state index in [4.69, 9.17) is 4.74 Å². The van der Waals surface area contributed by atoms with Gasteiger partial charge in [-0.25, -0.2) is 4.98 Å². The molecule has 0 spiro atoms. The van der Waals surface area contributed by atoms with Crippen molar-refractivity contribution in [3.05, 3.63) is 65.4 Å². The molecule has 0 bridgehead atoms. The van der Waals surface area contributed by atoms with Crippen molar-refractivity contribution in [1.29, 1.82) is 0 Å². The van der Waals surface area contributed by atoms with Gasteiger partial charge in [-0.3, -0.25) is 4.79 Å². The number of nitrogens with one attached hydrogen (secondary N) is 1. The monoisotopic (exact) mass is 337 g/mol. The van der Waals surface area contributed by atoms with Gasteiger partial charge in [0.25, 0.3) is 0 Å². The molecule has 1 aliphatic heterocycles. The number of carbonyl (C=O) groups is 1. The van der Waals surface area contributed by atoms with Crippen LogP contribution in [0.1, 0.15) is 16.7 Å². The van der Waals surface area contributed by atoms with Crippen LogP contribution in [-0.4, -0.2) is 37.2 Å². The standard InChI is InChI=1S/C20H23N3O2/c1-16-3-2-4-17(13-16)5-6-20(24)22-15-18-7-8-21-19(14-18)23-9-11-25-12-10-23/h2-8,13-14H,9-12,15H2,1H3,(H,22,24). The fraction of sp³-hybridized carbons (Fsp3) is 0.300. The van der Waals surface area contributed by atoms with Crippen LogP contribution >= 0.6 is 0 Å². The summed E-state index contributed by atoms with van der Waals surface area (Å²) in [5, 5.41) is 2.92. The Morgan fingerprint density at radius 3 is 2.92 bits per heavy atom. The van der Waals surface area contributed by atoms with Gasteiger partial charge in [0.05, 0.1) is 13.2 Å². The number of benzene rings is 1. The fourth-order valence-electron chi connectivity index (χ4n) is 2.73. The molecule has 1 N–H and O–H groups in total. The molecule has 1 aliphatic rings. The maximum Gasteiger partial charge on any atom is 0.244 e. The van der Waals surface area contributed by atoms with Crippen molar-refractivity contribution in [1.82, 2.24) is 10.3 Å². The molecule has 0 saturated carbocycles. The van der Waals surface area contributed by atoms with E-state index in [1.54, 1.807) is 12.3 Å². The number of pyridine rings is 1. The van der Waals surface area contributed by atoms with Gasteiger partial charge in [-0.2, -0.15) is 0 Å². The Morgan fingerprint density at radius 2 is 2.12 bits per heavy atom. The number of rotatable bonds is 5. The van der Waals surface area contributed by atoms with Crippen molar-refractivity contribution in [3.63, 3.8) is 0 Å². The number of hydrogen-bond acceptors (Lipinski definition) is 4. The zero-order chi connectivity index (χ0) is 17.5. The first-order valence-electron chi connectivity index (χ1n) is 8.51. The zero-order valence-electron chi connectivity index (χ0n) is 14.4. The third-order valence-corrected chi connectivity index (χ3v) is 4.08. The van der Waals surface area contributed by atoms with E-state index in [0.29, 0.717) is 6.54 Å². The van der Waals surface area contributed by atoms with Gasteiger partial charge in [0.15, 0.2) is 0 Å². The molecule has 2 heterocycles. The molecule has 1 saturated heterocycles. The molecule has 5 heteroatoms. The first kappa shape index (κ1) is 17.2. The maximum atomic E-state index is 12.0. The number of amides is 1. The molecule has 0 unspecified atom stereocenters. The third-order valence-electron chi connectivity index (χ3n) is 4.08. The molecule has 2 aromatic rings. The molecule has 0 radical (unpaired) electrons. The Labute approximate surface area is 148 Å². The van der Waals surface area contributed by atoms with E-state index in [1.807, 2.05) is 49.4 Å². The molecular formula is C20H23N3O2. The van der Waals surface area contributed by atoms with Crippen molar-refractivity contribution < 1.29 is 9.53 Å². The van der Waals surface area contributed by atoms with E-state index >= 15 is 0 Å². The normalized spacial score (nSPS) is 14.7. The Kier molecular flexibility index (Phi) is 5.80. The summed E-state index contributed by atoms with van der Waals surface area (Å²) in [6, 6.07) is 12.0. The minimum atomic E-state index is -0.105. The zero-order valence-corrected chi connectivity index (χ0v) is 14.4. The second kappa shape index (κ2) is 8.44. The average molecular weight is 337 g/mol. The van der Waals surface area contributed by atoms with Crippen LogP contribution in [0, 0.1) is 6.92 Å². The van der Waals surface area contributed by atoms with Crippen molar-refractivity contribution in [2.45, 2.75) is 13.5 Å². The van der Waals surface area contributed by atoms with E-state index in [-0.39, 0.29) is 5.91 Å². The highest BCUT2D eigenvalue weighted by Gasteiger charge is 2.12. The molecule has 1 aromatic carbocycles. The highest BCUT2D eigenvalue weighted by molar-refractivity contribution is 5.91. The molecular weight excluding hydrogens is 314 g/mol. The van der Waals surface area contributed by atoms with Crippen molar-refractivity contribution in [3.8, 4) is 0 Å². The van der Waals surface area contributed by atoms with Gasteiger partial charge in [-0.1, -0.05) is 29.8 Å². The molecule has 1 fully saturated rings. The fourth-order valence-corrected chi connectivity index (χ4v) is 2.73. The lowest BCUT2D eigenvalue weighted by molar-refractivity contribution is -0.116. The predicted octanol–water partition coefficient (Wildman–Crippen LogP) is 2.56. The van der Waals surface area contributed by atoms with Crippen molar-refractivity contribution >= 4 is 17.8 Å². The summed E-state index contributed by atoms with van der Waals surface area (Å²) in [5.41, 5.74) is 3.23. The van der Waals surface area contributed by atoms with Crippen LogP contribution in [0.4, 0.5) is 5.82 Å². The van der Waals surface area contributed by atoms with Crippen LogP contribution in [-0.2, 0) is 16.1 Å². The summed E-state index contributed by atoms with van der Waals surface area (Å²) in [6.45, 7) is 5.67. The third kappa shape index (κ3) is 5.16. The SMILES string of the molecule is Cc1cccc(C=CC(=O)NCc2ccnc(N3CCOCC3)c2)c1. The van der Waals surface area contributed by atoms with Crippen LogP contribution in [0.25, 0.3) is 6.08 Å². The van der Waals surface area contributed by atoms with Gasteiger partial charge in [-0.05, 0) is 36.3 Å². The number of aryl methyl sites for hydroxylation is 1. The first-order chi connectivity index (χ1) is 12.2. The lowest BCUT2D eigenvalue weighted by Crippen LogP contribution is -2.36. The highest BCUT2D eigenvalue weighted by Crippen LogP contribution is 2.14. The van der Waals surface area contributed by atoms with Crippen molar-refractivity contribution in [2.24, 2.45) is 0 Å². The molecule has 3 rings (SSSR count). The second-order valence-electron chi connectivity index (χ2n) is 6.09. The molecule has 25 heavy (non-hydrogen) atoms. The number of hydrogen-bond donors (Lipinski definition) is 1. The second-order valence-corrected chi connectivity index (χ2v) is 6.09. The number of anilines is 1. The number of nitrogens with zero attached hydrogens (tertiary/aromatic N) is 2. The van der Waals surface area contributed by atoms with E-state index in [0.717, 1.165) is 43.2 Å². The number of aromatic nitrogens is 1. The predicted molar refractivity (Wildman–Crippen MR) is 99.3 cm³/mol. The quantitative estimate of drug-likeness (QED) is 0.852. The summed E-state index contributed by atoms with van der Waals surface area (Å²) in [6.07, 6.45) is 5.18. The summed E-state index contributed by atoms with van der Waals surface area (Å²) in [5.74, 6) is 0.830. The van der Waals surface area contributed by atoms with Gasteiger partial charge >= 0.3 is 0 Å². The van der Waals surface area contributed by atoms with Crippen LogP contribution < -0.4 is 10.2 Å². The topological polar surface area (TPSA) is 54.5 Å². The molecule has 5 nitrogen and oxygen atoms in total. The lowest BCUT2D eigenvalue weighted by atomic mass is 10.1. The maximum absolute atomic E-state index is 12.0. The molecule has 1 amide bonds. The van der Waals surface area contributed by atoms with Gasteiger partial charge in [0, 0.05) is 31.9 Å². The number of ether oxygens (including phenoxy) is 1. The molecule has 130 valence electrons.